The lowest BCUT2D eigenvalue weighted by Crippen LogP contribution is -2.35. The number of hydrogen-bond donors (Lipinski definition) is 0. The van der Waals surface area contributed by atoms with Gasteiger partial charge in [-0.3, -0.25) is 4.79 Å². The van der Waals surface area contributed by atoms with E-state index >= 15 is 0 Å². The Labute approximate surface area is 118 Å². The second-order valence-electron chi connectivity index (χ2n) is 4.35. The standard InChI is InChI=1S/C14H12BrNOS/c15-13-6-5-12(18-13)14(17)16-8-7-10-3-1-2-4-11(10)9-16/h1-6H,7-9H2. The fourth-order valence-corrected chi connectivity index (χ4v) is 3.61. The van der Waals surface area contributed by atoms with Crippen LogP contribution in [-0.2, 0) is 13.0 Å². The highest BCUT2D eigenvalue weighted by Crippen LogP contribution is 2.26. The number of benzene rings is 1. The van der Waals surface area contributed by atoms with Crippen molar-refractivity contribution in [3.05, 3.63) is 56.2 Å². The SMILES string of the molecule is O=C(c1ccc(Br)s1)N1CCc2ccccc2C1. The molecule has 18 heavy (non-hydrogen) atoms. The molecule has 0 radical (unpaired) electrons. The molecule has 0 N–H and O–H groups in total. The van der Waals surface area contributed by atoms with Crippen LogP contribution in [0.4, 0.5) is 0 Å². The molecule has 3 rings (SSSR count). The number of rotatable bonds is 1. The van der Waals surface area contributed by atoms with Gasteiger partial charge in [0.25, 0.3) is 5.91 Å². The van der Waals surface area contributed by atoms with Gasteiger partial charge in [0.05, 0.1) is 8.66 Å². The van der Waals surface area contributed by atoms with Gasteiger partial charge in [-0.1, -0.05) is 24.3 Å². The Kier molecular flexibility index (Phi) is 3.22. The minimum Gasteiger partial charge on any atom is -0.333 e. The van der Waals surface area contributed by atoms with Crippen molar-refractivity contribution < 1.29 is 4.79 Å². The average Bonchev–Trinajstić information content (AvgIpc) is 2.84. The van der Waals surface area contributed by atoms with Gasteiger partial charge in [0, 0.05) is 13.1 Å². The van der Waals surface area contributed by atoms with Gasteiger partial charge in [0.1, 0.15) is 0 Å². The van der Waals surface area contributed by atoms with Crippen molar-refractivity contribution in [2.75, 3.05) is 6.54 Å². The van der Waals surface area contributed by atoms with E-state index in [1.54, 1.807) is 0 Å². The highest BCUT2D eigenvalue weighted by Gasteiger charge is 2.22. The number of thiophene rings is 1. The summed E-state index contributed by atoms with van der Waals surface area (Å²) in [6.07, 6.45) is 0.953. The van der Waals surface area contributed by atoms with Gasteiger partial charge in [-0.15, -0.1) is 11.3 Å². The van der Waals surface area contributed by atoms with Crippen LogP contribution in [0.2, 0.25) is 0 Å². The molecule has 2 aromatic rings. The van der Waals surface area contributed by atoms with Gasteiger partial charge >= 0.3 is 0 Å². The Bertz CT molecular complexity index is 593. The summed E-state index contributed by atoms with van der Waals surface area (Å²) < 4.78 is 1.00. The lowest BCUT2D eigenvalue weighted by atomic mass is 10.00. The van der Waals surface area contributed by atoms with Crippen molar-refractivity contribution in [3.63, 3.8) is 0 Å². The van der Waals surface area contributed by atoms with Gasteiger partial charge in [-0.25, -0.2) is 0 Å². The molecule has 0 bridgehead atoms. The van der Waals surface area contributed by atoms with Gasteiger partial charge in [0.2, 0.25) is 0 Å². The van der Waals surface area contributed by atoms with Gasteiger partial charge in [0.15, 0.2) is 0 Å². The zero-order valence-corrected chi connectivity index (χ0v) is 12.1. The van der Waals surface area contributed by atoms with Crippen LogP contribution in [-0.4, -0.2) is 17.4 Å². The normalized spacial score (nSPS) is 14.4. The highest BCUT2D eigenvalue weighted by atomic mass is 79.9. The molecule has 2 nitrogen and oxygen atoms in total. The molecule has 0 spiro atoms. The van der Waals surface area contributed by atoms with E-state index in [1.165, 1.54) is 22.5 Å². The first kappa shape index (κ1) is 11.9. The van der Waals surface area contributed by atoms with Crippen LogP contribution in [0.25, 0.3) is 0 Å². The predicted octanol–water partition coefficient (Wildman–Crippen LogP) is 3.71. The first-order valence-corrected chi connectivity index (χ1v) is 7.46. The quantitative estimate of drug-likeness (QED) is 0.784. The zero-order chi connectivity index (χ0) is 12.5. The number of halogens is 1. The summed E-state index contributed by atoms with van der Waals surface area (Å²) in [7, 11) is 0. The Hall–Kier alpha value is -1.13. The molecule has 92 valence electrons. The second kappa shape index (κ2) is 4.86. The van der Waals surface area contributed by atoms with E-state index in [1.807, 2.05) is 23.1 Å². The molecule has 0 saturated heterocycles. The minimum absolute atomic E-state index is 0.139. The molecule has 0 unspecified atom stereocenters. The smallest absolute Gasteiger partial charge is 0.264 e. The molecule has 0 aliphatic carbocycles. The van der Waals surface area contributed by atoms with Crippen LogP contribution in [0.3, 0.4) is 0 Å². The molecule has 1 amide bonds. The number of carbonyl (C=O) groups excluding carboxylic acids is 1. The Morgan fingerprint density at radius 3 is 2.67 bits per heavy atom. The maximum absolute atomic E-state index is 12.3. The Morgan fingerprint density at radius 2 is 1.94 bits per heavy atom. The number of hydrogen-bond acceptors (Lipinski definition) is 2. The van der Waals surface area contributed by atoms with E-state index in [0.29, 0.717) is 0 Å². The average molecular weight is 322 g/mol. The van der Waals surface area contributed by atoms with Crippen molar-refractivity contribution in [1.82, 2.24) is 4.90 Å². The fourth-order valence-electron chi connectivity index (χ4n) is 2.25. The molecule has 0 saturated carbocycles. The molecule has 1 aromatic heterocycles. The number of fused-ring (bicyclic) bond motifs is 1. The maximum Gasteiger partial charge on any atom is 0.264 e. The summed E-state index contributed by atoms with van der Waals surface area (Å²) in [6, 6.07) is 12.2. The van der Waals surface area contributed by atoms with Crippen LogP contribution in [0, 0.1) is 0 Å². The van der Waals surface area contributed by atoms with Gasteiger partial charge < -0.3 is 4.90 Å². The van der Waals surface area contributed by atoms with Crippen LogP contribution in [0.1, 0.15) is 20.8 Å². The molecule has 2 heterocycles. The Morgan fingerprint density at radius 1 is 1.17 bits per heavy atom. The molecule has 1 aliphatic rings. The minimum atomic E-state index is 0.139. The van der Waals surface area contributed by atoms with Gasteiger partial charge in [-0.2, -0.15) is 0 Å². The summed E-state index contributed by atoms with van der Waals surface area (Å²) in [5.41, 5.74) is 2.64. The van der Waals surface area contributed by atoms with Crippen molar-refractivity contribution in [2.24, 2.45) is 0 Å². The number of nitrogens with zero attached hydrogens (tertiary/aromatic N) is 1. The summed E-state index contributed by atoms with van der Waals surface area (Å²) in [6.45, 7) is 1.54. The van der Waals surface area contributed by atoms with Crippen LogP contribution in [0.5, 0.6) is 0 Å². The van der Waals surface area contributed by atoms with Crippen molar-refractivity contribution in [3.8, 4) is 0 Å². The maximum atomic E-state index is 12.3. The van der Waals surface area contributed by atoms with E-state index < -0.39 is 0 Å². The first-order chi connectivity index (χ1) is 8.74. The molecule has 0 atom stereocenters. The van der Waals surface area contributed by atoms with Crippen molar-refractivity contribution >= 4 is 33.2 Å². The van der Waals surface area contributed by atoms with E-state index in [9.17, 15) is 4.79 Å². The van der Waals surface area contributed by atoms with E-state index in [2.05, 4.69) is 34.1 Å². The van der Waals surface area contributed by atoms with Crippen LogP contribution in [0.15, 0.2) is 40.2 Å². The summed E-state index contributed by atoms with van der Waals surface area (Å²) >= 11 is 4.89. The number of carbonyl (C=O) groups is 1. The third-order valence-corrected chi connectivity index (χ3v) is 4.81. The largest absolute Gasteiger partial charge is 0.333 e. The molecule has 1 aliphatic heterocycles. The van der Waals surface area contributed by atoms with E-state index in [-0.39, 0.29) is 5.91 Å². The van der Waals surface area contributed by atoms with Crippen molar-refractivity contribution in [2.45, 2.75) is 13.0 Å². The third-order valence-electron chi connectivity index (χ3n) is 3.20. The molecule has 4 heteroatoms. The van der Waals surface area contributed by atoms with Crippen molar-refractivity contribution in [1.29, 1.82) is 0 Å². The molecular formula is C14H12BrNOS. The van der Waals surface area contributed by atoms with E-state index in [4.69, 9.17) is 0 Å². The predicted molar refractivity (Wildman–Crippen MR) is 76.9 cm³/mol. The number of amides is 1. The molecule has 0 fully saturated rings. The first-order valence-electron chi connectivity index (χ1n) is 5.85. The third kappa shape index (κ3) is 2.22. The zero-order valence-electron chi connectivity index (χ0n) is 9.73. The topological polar surface area (TPSA) is 20.3 Å². The molecule has 1 aromatic carbocycles. The molecular weight excluding hydrogens is 310 g/mol. The Balaban J connectivity index is 1.82. The summed E-state index contributed by atoms with van der Waals surface area (Å²) in [5, 5.41) is 0. The lowest BCUT2D eigenvalue weighted by Gasteiger charge is -2.28. The van der Waals surface area contributed by atoms with E-state index in [0.717, 1.165) is 28.2 Å². The van der Waals surface area contributed by atoms with Crippen LogP contribution < -0.4 is 0 Å². The van der Waals surface area contributed by atoms with Crippen LogP contribution >= 0.6 is 27.3 Å². The second-order valence-corrected chi connectivity index (χ2v) is 6.81. The lowest BCUT2D eigenvalue weighted by molar-refractivity contribution is 0.0739. The summed E-state index contributed by atoms with van der Waals surface area (Å²) in [4.78, 5) is 15.1. The summed E-state index contributed by atoms with van der Waals surface area (Å²) in [5.74, 6) is 0.139. The van der Waals surface area contributed by atoms with Gasteiger partial charge in [-0.05, 0) is 45.6 Å². The fraction of sp³-hybridized carbons (Fsp3) is 0.214. The monoisotopic (exact) mass is 321 g/mol. The highest BCUT2D eigenvalue weighted by molar-refractivity contribution is 9.11.